The molecule has 2 N–H and O–H groups in total. The maximum atomic E-state index is 11.4. The second-order valence-corrected chi connectivity index (χ2v) is 5.21. The van der Waals surface area contributed by atoms with E-state index in [1.165, 1.54) is 11.9 Å². The van der Waals surface area contributed by atoms with Gasteiger partial charge in [0.1, 0.15) is 9.39 Å². The van der Waals surface area contributed by atoms with Gasteiger partial charge in [-0.15, -0.1) is 0 Å². The van der Waals surface area contributed by atoms with E-state index in [9.17, 15) is 4.79 Å². The molecule has 1 aromatic heterocycles. The van der Waals surface area contributed by atoms with Crippen LogP contribution in [0.2, 0.25) is 5.02 Å². The Bertz CT molecular complexity index is 583. The predicted octanol–water partition coefficient (Wildman–Crippen LogP) is 2.68. The van der Waals surface area contributed by atoms with Crippen molar-refractivity contribution in [3.8, 4) is 0 Å². The van der Waals surface area contributed by atoms with Crippen LogP contribution in [0.3, 0.4) is 0 Å². The zero-order chi connectivity index (χ0) is 13.0. The number of H-pyrrole nitrogens is 1. The highest BCUT2D eigenvalue weighted by Gasteiger charge is 2.03. The first-order valence-corrected chi connectivity index (χ1v) is 6.84. The van der Waals surface area contributed by atoms with E-state index >= 15 is 0 Å². The van der Waals surface area contributed by atoms with E-state index in [0.717, 1.165) is 11.4 Å². The highest BCUT2D eigenvalue weighted by atomic mass is 127. The van der Waals surface area contributed by atoms with Gasteiger partial charge in [0.05, 0.1) is 6.33 Å². The average Bonchev–Trinajstić information content (AvgIpc) is 2.37. The molecule has 4 nitrogen and oxygen atoms in total. The lowest BCUT2D eigenvalue weighted by molar-refractivity contribution is 0.988. The van der Waals surface area contributed by atoms with E-state index in [4.69, 9.17) is 11.6 Å². The zero-order valence-electron chi connectivity index (χ0n) is 9.41. The third-order valence-corrected chi connectivity index (χ3v) is 3.67. The lowest BCUT2D eigenvalue weighted by Gasteiger charge is -2.06. The fraction of sp³-hybridized carbons (Fsp3) is 0.167. The number of aromatic nitrogens is 2. The number of nitrogens with zero attached hydrogens (tertiary/aromatic N) is 1. The molecule has 0 atom stereocenters. The minimum Gasteiger partial charge on any atom is -0.369 e. The maximum absolute atomic E-state index is 11.4. The van der Waals surface area contributed by atoms with Crippen molar-refractivity contribution < 1.29 is 0 Å². The molecule has 0 spiro atoms. The summed E-state index contributed by atoms with van der Waals surface area (Å²) in [5.41, 5.74) is 1.06. The number of rotatable bonds is 4. The van der Waals surface area contributed by atoms with Crippen LogP contribution in [0.1, 0.15) is 5.56 Å². The summed E-state index contributed by atoms with van der Waals surface area (Å²) in [6.07, 6.45) is 2.25. The molecule has 0 fully saturated rings. The van der Waals surface area contributed by atoms with Crippen LogP contribution in [0.15, 0.2) is 35.4 Å². The number of benzene rings is 1. The van der Waals surface area contributed by atoms with Crippen molar-refractivity contribution in [1.29, 1.82) is 0 Å². The van der Waals surface area contributed by atoms with E-state index in [-0.39, 0.29) is 5.56 Å². The first-order valence-electron chi connectivity index (χ1n) is 5.38. The van der Waals surface area contributed by atoms with Crippen LogP contribution in [0.4, 0.5) is 5.82 Å². The highest BCUT2D eigenvalue weighted by Crippen LogP contribution is 2.11. The van der Waals surface area contributed by atoms with Crippen LogP contribution >= 0.6 is 34.2 Å². The van der Waals surface area contributed by atoms with Crippen LogP contribution < -0.4 is 10.9 Å². The third kappa shape index (κ3) is 3.46. The Balaban J connectivity index is 1.94. The minimum atomic E-state index is -0.125. The van der Waals surface area contributed by atoms with E-state index < -0.39 is 0 Å². The first-order chi connectivity index (χ1) is 8.66. The number of hydrogen-bond donors (Lipinski definition) is 2. The fourth-order valence-corrected chi connectivity index (χ4v) is 2.09. The van der Waals surface area contributed by atoms with Gasteiger partial charge in [-0.25, -0.2) is 4.98 Å². The number of anilines is 1. The topological polar surface area (TPSA) is 57.8 Å². The lowest BCUT2D eigenvalue weighted by atomic mass is 10.1. The predicted molar refractivity (Wildman–Crippen MR) is 81.2 cm³/mol. The van der Waals surface area contributed by atoms with Gasteiger partial charge in [-0.1, -0.05) is 23.7 Å². The smallest absolute Gasteiger partial charge is 0.266 e. The van der Waals surface area contributed by atoms with Crippen molar-refractivity contribution in [2.24, 2.45) is 0 Å². The molecule has 94 valence electrons. The zero-order valence-corrected chi connectivity index (χ0v) is 12.3. The van der Waals surface area contributed by atoms with Gasteiger partial charge in [-0.05, 0) is 46.7 Å². The first kappa shape index (κ1) is 13.4. The minimum absolute atomic E-state index is 0.125. The maximum Gasteiger partial charge on any atom is 0.266 e. The second-order valence-electron chi connectivity index (χ2n) is 3.70. The average molecular weight is 376 g/mol. The molecule has 1 heterocycles. The van der Waals surface area contributed by atoms with Gasteiger partial charge in [0.15, 0.2) is 0 Å². The molecule has 0 amide bonds. The molecule has 0 aliphatic rings. The van der Waals surface area contributed by atoms with Gasteiger partial charge in [0.2, 0.25) is 0 Å². The summed E-state index contributed by atoms with van der Waals surface area (Å²) in [5.74, 6) is 0.619. The summed E-state index contributed by atoms with van der Waals surface area (Å²) in [6.45, 7) is 0.716. The molecule has 6 heteroatoms. The summed E-state index contributed by atoms with van der Waals surface area (Å²) in [4.78, 5) is 18.0. The standard InChI is InChI=1S/C12H11ClIN3O/c13-9-3-1-8(2-4-9)5-6-15-11-10(14)12(18)17-7-16-11/h1-4,7H,5-6H2,(H2,15,16,17,18). The number of nitrogens with one attached hydrogen (secondary N) is 2. The van der Waals surface area contributed by atoms with Crippen LogP contribution in [0.25, 0.3) is 0 Å². The van der Waals surface area contributed by atoms with Crippen molar-refractivity contribution in [1.82, 2.24) is 9.97 Å². The normalized spacial score (nSPS) is 10.3. The van der Waals surface area contributed by atoms with Gasteiger partial charge >= 0.3 is 0 Å². The number of aromatic amines is 1. The van der Waals surface area contributed by atoms with Gasteiger partial charge in [-0.3, -0.25) is 4.79 Å². The summed E-state index contributed by atoms with van der Waals surface area (Å²) in [5, 5.41) is 3.88. The summed E-state index contributed by atoms with van der Waals surface area (Å²) in [6, 6.07) is 7.71. The van der Waals surface area contributed by atoms with Crippen LogP contribution in [0, 0.1) is 3.57 Å². The summed E-state index contributed by atoms with van der Waals surface area (Å²) < 4.78 is 0.575. The quantitative estimate of drug-likeness (QED) is 0.808. The molecule has 1 aromatic carbocycles. The van der Waals surface area contributed by atoms with Crippen LogP contribution in [-0.2, 0) is 6.42 Å². The largest absolute Gasteiger partial charge is 0.369 e. The molecular formula is C12H11ClIN3O. The van der Waals surface area contributed by atoms with Gasteiger partial charge < -0.3 is 10.3 Å². The van der Waals surface area contributed by atoms with Gasteiger partial charge in [0, 0.05) is 11.6 Å². The molecule has 0 aliphatic carbocycles. The monoisotopic (exact) mass is 375 g/mol. The molecule has 18 heavy (non-hydrogen) atoms. The Morgan fingerprint density at radius 3 is 2.78 bits per heavy atom. The highest BCUT2D eigenvalue weighted by molar-refractivity contribution is 14.1. The molecule has 0 saturated heterocycles. The van der Waals surface area contributed by atoms with E-state index in [2.05, 4.69) is 15.3 Å². The Morgan fingerprint density at radius 1 is 1.33 bits per heavy atom. The van der Waals surface area contributed by atoms with Gasteiger partial charge in [0.25, 0.3) is 5.56 Å². The van der Waals surface area contributed by atoms with Crippen molar-refractivity contribution in [2.45, 2.75) is 6.42 Å². The van der Waals surface area contributed by atoms with Crippen molar-refractivity contribution in [2.75, 3.05) is 11.9 Å². The number of hydrogen-bond acceptors (Lipinski definition) is 3. The second kappa shape index (κ2) is 6.19. The molecular weight excluding hydrogens is 365 g/mol. The summed E-state index contributed by atoms with van der Waals surface area (Å²) >= 11 is 7.79. The molecule has 0 unspecified atom stereocenters. The Labute approximate surface area is 123 Å². The Kier molecular flexibility index (Phi) is 4.60. The van der Waals surface area contributed by atoms with Crippen molar-refractivity contribution in [3.63, 3.8) is 0 Å². The fourth-order valence-electron chi connectivity index (χ4n) is 1.48. The molecule has 2 rings (SSSR count). The van der Waals surface area contributed by atoms with Gasteiger partial charge in [-0.2, -0.15) is 0 Å². The molecule has 0 aliphatic heterocycles. The summed E-state index contributed by atoms with van der Waals surface area (Å²) in [7, 11) is 0. The van der Waals surface area contributed by atoms with E-state index in [1.807, 2.05) is 46.9 Å². The molecule has 2 aromatic rings. The molecule has 0 bridgehead atoms. The Hall–Kier alpha value is -1.08. The number of halogens is 2. The lowest BCUT2D eigenvalue weighted by Crippen LogP contribution is -2.16. The van der Waals surface area contributed by atoms with Crippen LogP contribution in [-0.4, -0.2) is 16.5 Å². The van der Waals surface area contributed by atoms with E-state index in [0.29, 0.717) is 15.9 Å². The van der Waals surface area contributed by atoms with Crippen molar-refractivity contribution in [3.05, 3.63) is 55.1 Å². The van der Waals surface area contributed by atoms with Crippen molar-refractivity contribution >= 4 is 40.0 Å². The Morgan fingerprint density at radius 2 is 2.06 bits per heavy atom. The van der Waals surface area contributed by atoms with Crippen LogP contribution in [0.5, 0.6) is 0 Å². The molecule has 0 radical (unpaired) electrons. The SMILES string of the molecule is O=c1[nH]cnc(NCCc2ccc(Cl)cc2)c1I. The molecule has 0 saturated carbocycles. The van der Waals surface area contributed by atoms with E-state index in [1.54, 1.807) is 0 Å². The third-order valence-electron chi connectivity index (χ3n) is 2.42.